The second-order valence-electron chi connectivity index (χ2n) is 10.0. The molecule has 1 saturated heterocycles. The molecule has 0 saturated carbocycles. The van der Waals surface area contributed by atoms with E-state index < -0.39 is 32.5 Å². The SMILES string of the molecule is CC[C@H]1CCCCN1S(=O)(=O)c1ccc(S(=O)(=O)N(CC(=O)Nc2ccccc2)Cc2ccc3c(c2)OCO3)cc1. The summed E-state index contributed by atoms with van der Waals surface area (Å²) in [6, 6.07) is 19.0. The third kappa shape index (κ3) is 6.40. The normalized spacial score (nSPS) is 17.5. The van der Waals surface area contributed by atoms with Crippen LogP contribution in [0.2, 0.25) is 0 Å². The van der Waals surface area contributed by atoms with Crippen molar-refractivity contribution in [2.45, 2.75) is 55.0 Å². The van der Waals surface area contributed by atoms with E-state index in [0.29, 0.717) is 35.7 Å². The van der Waals surface area contributed by atoms with E-state index in [-0.39, 0.29) is 29.2 Å². The van der Waals surface area contributed by atoms with Gasteiger partial charge in [0, 0.05) is 24.8 Å². The molecule has 1 fully saturated rings. The fraction of sp³-hybridized carbons (Fsp3) is 0.345. The van der Waals surface area contributed by atoms with Crippen molar-refractivity contribution in [2.75, 3.05) is 25.2 Å². The number of nitrogens with one attached hydrogen (secondary N) is 1. The summed E-state index contributed by atoms with van der Waals surface area (Å²) < 4.78 is 67.9. The lowest BCUT2D eigenvalue weighted by atomic mass is 10.0. The lowest BCUT2D eigenvalue weighted by molar-refractivity contribution is -0.116. The van der Waals surface area contributed by atoms with Crippen LogP contribution in [0.3, 0.4) is 0 Å². The predicted molar refractivity (Wildman–Crippen MR) is 153 cm³/mol. The van der Waals surface area contributed by atoms with Crippen molar-refractivity contribution >= 4 is 31.6 Å². The van der Waals surface area contributed by atoms with E-state index in [0.717, 1.165) is 23.6 Å². The second kappa shape index (κ2) is 12.2. The van der Waals surface area contributed by atoms with Gasteiger partial charge in [0.1, 0.15) is 0 Å². The van der Waals surface area contributed by atoms with Crippen LogP contribution in [0, 0.1) is 0 Å². The van der Waals surface area contributed by atoms with E-state index in [4.69, 9.17) is 9.47 Å². The minimum absolute atomic E-state index is 0.0425. The second-order valence-corrected chi connectivity index (χ2v) is 13.8. The maximum atomic E-state index is 13.8. The van der Waals surface area contributed by atoms with Crippen molar-refractivity contribution in [3.8, 4) is 11.5 Å². The Labute approximate surface area is 241 Å². The fourth-order valence-electron chi connectivity index (χ4n) is 5.12. The molecule has 2 heterocycles. The summed E-state index contributed by atoms with van der Waals surface area (Å²) in [5, 5.41) is 2.72. The fourth-order valence-corrected chi connectivity index (χ4v) is 8.27. The van der Waals surface area contributed by atoms with Gasteiger partial charge in [-0.3, -0.25) is 4.79 Å². The Morgan fingerprint density at radius 1 is 0.927 bits per heavy atom. The molecule has 0 bridgehead atoms. The summed E-state index contributed by atoms with van der Waals surface area (Å²) in [5.41, 5.74) is 1.14. The van der Waals surface area contributed by atoms with Gasteiger partial charge >= 0.3 is 0 Å². The van der Waals surface area contributed by atoms with E-state index >= 15 is 0 Å². The average Bonchev–Trinajstić information content (AvgIpc) is 3.45. The van der Waals surface area contributed by atoms with E-state index in [2.05, 4.69) is 5.32 Å². The highest BCUT2D eigenvalue weighted by molar-refractivity contribution is 7.89. The van der Waals surface area contributed by atoms with Crippen molar-refractivity contribution in [1.29, 1.82) is 0 Å². The van der Waals surface area contributed by atoms with Gasteiger partial charge < -0.3 is 14.8 Å². The molecule has 5 rings (SSSR count). The Morgan fingerprint density at radius 3 is 2.37 bits per heavy atom. The standard InChI is InChI=1S/C29H33N3O7S2/c1-2-24-10-6-7-17-32(24)41(36,37)26-14-12-25(13-15-26)40(34,35)31(20-29(33)30-23-8-4-3-5-9-23)19-22-11-16-27-28(18-22)39-21-38-27/h3-5,8-9,11-16,18,24H,2,6-7,10,17,19-21H2,1H3,(H,30,33)/t24-/m0/s1. The molecule has 1 atom stereocenters. The van der Waals surface area contributed by atoms with Gasteiger partial charge in [0.05, 0.1) is 16.3 Å². The average molecular weight is 600 g/mol. The monoisotopic (exact) mass is 599 g/mol. The Hall–Kier alpha value is -3.45. The molecule has 0 aromatic heterocycles. The molecule has 0 spiro atoms. The third-order valence-electron chi connectivity index (χ3n) is 7.29. The molecule has 3 aromatic carbocycles. The number of hydrogen-bond acceptors (Lipinski definition) is 7. The highest BCUT2D eigenvalue weighted by atomic mass is 32.2. The number of anilines is 1. The molecule has 2 aliphatic rings. The molecule has 0 radical (unpaired) electrons. The van der Waals surface area contributed by atoms with Gasteiger partial charge in [-0.2, -0.15) is 8.61 Å². The largest absolute Gasteiger partial charge is 0.454 e. The number of sulfonamides is 2. The van der Waals surface area contributed by atoms with Crippen LogP contribution in [0.5, 0.6) is 11.5 Å². The number of benzene rings is 3. The van der Waals surface area contributed by atoms with Gasteiger partial charge in [0.2, 0.25) is 32.7 Å². The van der Waals surface area contributed by atoms with Crippen LogP contribution in [0.25, 0.3) is 0 Å². The van der Waals surface area contributed by atoms with Crippen LogP contribution < -0.4 is 14.8 Å². The summed E-state index contributed by atoms with van der Waals surface area (Å²) in [7, 11) is -7.99. The number of carbonyl (C=O) groups is 1. The summed E-state index contributed by atoms with van der Waals surface area (Å²) in [4.78, 5) is 12.9. The van der Waals surface area contributed by atoms with E-state index in [1.54, 1.807) is 42.5 Å². The van der Waals surface area contributed by atoms with Gasteiger partial charge in [0.15, 0.2) is 11.5 Å². The van der Waals surface area contributed by atoms with Gasteiger partial charge in [-0.05, 0) is 73.4 Å². The number of nitrogens with zero attached hydrogens (tertiary/aromatic N) is 2. The molecule has 41 heavy (non-hydrogen) atoms. The molecule has 0 unspecified atom stereocenters. The van der Waals surface area contributed by atoms with Gasteiger partial charge in [0.25, 0.3) is 0 Å². The van der Waals surface area contributed by atoms with Gasteiger partial charge in [-0.15, -0.1) is 0 Å². The molecule has 1 amide bonds. The number of piperidine rings is 1. The molecule has 10 nitrogen and oxygen atoms in total. The number of para-hydroxylation sites is 1. The number of hydrogen-bond donors (Lipinski definition) is 1. The highest BCUT2D eigenvalue weighted by Gasteiger charge is 2.33. The number of rotatable bonds is 10. The zero-order chi connectivity index (χ0) is 29.0. The maximum Gasteiger partial charge on any atom is 0.243 e. The lowest BCUT2D eigenvalue weighted by Gasteiger charge is -2.34. The Kier molecular flexibility index (Phi) is 8.64. The summed E-state index contributed by atoms with van der Waals surface area (Å²) >= 11 is 0. The molecular formula is C29H33N3O7S2. The molecular weight excluding hydrogens is 566 g/mol. The first kappa shape index (κ1) is 29.1. The molecule has 2 aliphatic heterocycles. The van der Waals surface area contributed by atoms with E-state index in [1.807, 2.05) is 13.0 Å². The van der Waals surface area contributed by atoms with Crippen molar-refractivity contribution in [3.63, 3.8) is 0 Å². The first-order valence-electron chi connectivity index (χ1n) is 13.5. The van der Waals surface area contributed by atoms with Crippen LogP contribution >= 0.6 is 0 Å². The van der Waals surface area contributed by atoms with Crippen LogP contribution in [0.4, 0.5) is 5.69 Å². The maximum absolute atomic E-state index is 13.8. The number of carbonyl (C=O) groups excluding carboxylic acids is 1. The molecule has 12 heteroatoms. The third-order valence-corrected chi connectivity index (χ3v) is 11.1. The smallest absolute Gasteiger partial charge is 0.243 e. The Morgan fingerprint density at radius 2 is 1.63 bits per heavy atom. The summed E-state index contributed by atoms with van der Waals surface area (Å²) in [6.07, 6.45) is 3.30. The first-order valence-corrected chi connectivity index (χ1v) is 16.4. The van der Waals surface area contributed by atoms with Crippen molar-refractivity contribution < 1.29 is 31.1 Å². The number of amides is 1. The number of ether oxygens (including phenoxy) is 2. The lowest BCUT2D eigenvalue weighted by Crippen LogP contribution is -2.43. The highest BCUT2D eigenvalue weighted by Crippen LogP contribution is 2.33. The quantitative estimate of drug-likeness (QED) is 0.371. The minimum Gasteiger partial charge on any atom is -0.454 e. The van der Waals surface area contributed by atoms with Crippen LogP contribution in [0.1, 0.15) is 38.2 Å². The van der Waals surface area contributed by atoms with Crippen molar-refractivity contribution in [2.24, 2.45) is 0 Å². The Balaban J connectivity index is 1.41. The topological polar surface area (TPSA) is 122 Å². The first-order chi connectivity index (χ1) is 19.7. The van der Waals surface area contributed by atoms with Crippen LogP contribution in [-0.4, -0.2) is 57.3 Å². The minimum atomic E-state index is -4.21. The van der Waals surface area contributed by atoms with Gasteiger partial charge in [-0.25, -0.2) is 16.8 Å². The predicted octanol–water partition coefficient (Wildman–Crippen LogP) is 4.20. The molecule has 1 N–H and O–H groups in total. The zero-order valence-corrected chi connectivity index (χ0v) is 24.4. The van der Waals surface area contributed by atoms with Crippen molar-refractivity contribution in [3.05, 3.63) is 78.4 Å². The van der Waals surface area contributed by atoms with E-state index in [9.17, 15) is 21.6 Å². The van der Waals surface area contributed by atoms with Gasteiger partial charge in [-0.1, -0.05) is 37.6 Å². The molecule has 0 aliphatic carbocycles. The Bertz CT molecular complexity index is 1600. The van der Waals surface area contributed by atoms with Crippen LogP contribution in [0.15, 0.2) is 82.6 Å². The summed E-state index contributed by atoms with van der Waals surface area (Å²) in [6.45, 7) is 1.91. The molecule has 218 valence electrons. The zero-order valence-electron chi connectivity index (χ0n) is 22.7. The van der Waals surface area contributed by atoms with Crippen LogP contribution in [-0.2, 0) is 31.4 Å². The van der Waals surface area contributed by atoms with Crippen molar-refractivity contribution in [1.82, 2.24) is 8.61 Å². The number of fused-ring (bicyclic) bond motifs is 1. The molecule has 3 aromatic rings. The van der Waals surface area contributed by atoms with E-state index in [1.165, 1.54) is 28.6 Å². The summed E-state index contributed by atoms with van der Waals surface area (Å²) in [5.74, 6) is 0.530.